The number of nitrogens with zero attached hydrogens (tertiary/aromatic N) is 1. The quantitative estimate of drug-likeness (QED) is 0.315. The zero-order valence-corrected chi connectivity index (χ0v) is 11.3. The maximum Gasteiger partial charge on any atom is 0.349 e. The van der Waals surface area contributed by atoms with Gasteiger partial charge in [-0.2, -0.15) is 4.99 Å². The summed E-state index contributed by atoms with van der Waals surface area (Å²) in [5, 5.41) is 4.45. The van der Waals surface area contributed by atoms with E-state index in [4.69, 9.17) is 14.2 Å². The van der Waals surface area contributed by atoms with Crippen molar-refractivity contribution in [1.82, 2.24) is 10.6 Å². The van der Waals surface area contributed by atoms with Gasteiger partial charge in [-0.3, -0.25) is 10.6 Å². The fraction of sp³-hybridized carbons (Fsp3) is 0.455. The maximum absolute atomic E-state index is 11.8. The lowest BCUT2D eigenvalue weighted by Crippen LogP contribution is -2.45. The molecule has 2 amide bonds. The summed E-state index contributed by atoms with van der Waals surface area (Å²) in [5.74, 6) is -2.17. The van der Waals surface area contributed by atoms with Crippen molar-refractivity contribution in [2.24, 2.45) is 4.99 Å². The van der Waals surface area contributed by atoms with Gasteiger partial charge in [0.25, 0.3) is 6.02 Å². The molecule has 20 heavy (non-hydrogen) atoms. The molecule has 9 heteroatoms. The van der Waals surface area contributed by atoms with E-state index in [9.17, 15) is 14.4 Å². The molecule has 0 unspecified atom stereocenters. The standard InChI is InChI=1S/C11H15N3O6/c1-4-19-8(15)6(9(16)20-5-2)7-12-10(17)14-11(13-7)18-3/h4-5H2,1-3H3,(H2,12,13,14,17). The summed E-state index contributed by atoms with van der Waals surface area (Å²) in [5.41, 5.74) is -0.502. The first-order chi connectivity index (χ1) is 9.53. The second-order valence-electron chi connectivity index (χ2n) is 3.36. The van der Waals surface area contributed by atoms with Crippen molar-refractivity contribution in [3.8, 4) is 0 Å². The van der Waals surface area contributed by atoms with Gasteiger partial charge < -0.3 is 14.2 Å². The predicted octanol–water partition coefficient (Wildman–Crippen LogP) is -0.361. The number of aliphatic imine (C=N–C) groups is 1. The van der Waals surface area contributed by atoms with E-state index in [0.29, 0.717) is 0 Å². The molecule has 0 fully saturated rings. The number of amides is 2. The van der Waals surface area contributed by atoms with Crippen molar-refractivity contribution in [2.45, 2.75) is 13.8 Å². The van der Waals surface area contributed by atoms with Gasteiger partial charge in [0.2, 0.25) is 0 Å². The van der Waals surface area contributed by atoms with Gasteiger partial charge in [-0.25, -0.2) is 14.4 Å². The van der Waals surface area contributed by atoms with Gasteiger partial charge in [-0.15, -0.1) is 0 Å². The van der Waals surface area contributed by atoms with E-state index < -0.39 is 23.5 Å². The molecular weight excluding hydrogens is 270 g/mol. The molecule has 0 aromatic heterocycles. The summed E-state index contributed by atoms with van der Waals surface area (Å²) in [7, 11) is 1.27. The predicted molar refractivity (Wildman–Crippen MR) is 66.4 cm³/mol. The van der Waals surface area contributed by atoms with Gasteiger partial charge in [0.05, 0.1) is 20.3 Å². The van der Waals surface area contributed by atoms with Crippen LogP contribution in [0.3, 0.4) is 0 Å². The van der Waals surface area contributed by atoms with Crippen LogP contribution in [0, 0.1) is 0 Å². The highest BCUT2D eigenvalue weighted by molar-refractivity contribution is 6.15. The number of hydrogen-bond acceptors (Lipinski definition) is 7. The zero-order valence-electron chi connectivity index (χ0n) is 11.3. The lowest BCUT2D eigenvalue weighted by atomic mass is 10.2. The monoisotopic (exact) mass is 285 g/mol. The highest BCUT2D eigenvalue weighted by Gasteiger charge is 2.30. The van der Waals surface area contributed by atoms with Gasteiger partial charge in [0.15, 0.2) is 11.4 Å². The summed E-state index contributed by atoms with van der Waals surface area (Å²) in [4.78, 5) is 38.8. The number of hydrogen-bond donors (Lipinski definition) is 2. The summed E-state index contributed by atoms with van der Waals surface area (Å²) >= 11 is 0. The number of nitrogens with one attached hydrogen (secondary N) is 2. The van der Waals surface area contributed by atoms with Gasteiger partial charge >= 0.3 is 18.0 Å². The fourth-order valence-corrected chi connectivity index (χ4v) is 1.29. The van der Waals surface area contributed by atoms with Crippen LogP contribution in [-0.4, -0.2) is 44.3 Å². The Morgan fingerprint density at radius 3 is 2.10 bits per heavy atom. The largest absolute Gasteiger partial charge is 0.468 e. The topological polar surface area (TPSA) is 115 Å². The third kappa shape index (κ3) is 3.70. The molecule has 0 aliphatic carbocycles. The van der Waals surface area contributed by atoms with E-state index in [1.165, 1.54) is 7.11 Å². The molecule has 0 radical (unpaired) electrons. The van der Waals surface area contributed by atoms with E-state index in [2.05, 4.69) is 15.6 Å². The summed E-state index contributed by atoms with van der Waals surface area (Å²) in [6, 6.07) is -0.854. The molecule has 1 rings (SSSR count). The molecule has 2 N–H and O–H groups in total. The van der Waals surface area contributed by atoms with Crippen LogP contribution in [0.15, 0.2) is 16.4 Å². The Morgan fingerprint density at radius 2 is 1.65 bits per heavy atom. The smallest absolute Gasteiger partial charge is 0.349 e. The van der Waals surface area contributed by atoms with Crippen LogP contribution < -0.4 is 10.6 Å². The minimum Gasteiger partial charge on any atom is -0.468 e. The van der Waals surface area contributed by atoms with Crippen LogP contribution in [0.2, 0.25) is 0 Å². The van der Waals surface area contributed by atoms with Crippen molar-refractivity contribution >= 4 is 24.0 Å². The number of amidine groups is 1. The molecular formula is C11H15N3O6. The Balaban J connectivity index is 3.25. The molecule has 9 nitrogen and oxygen atoms in total. The molecule has 0 saturated carbocycles. The molecule has 1 aliphatic heterocycles. The highest BCUT2D eigenvalue weighted by Crippen LogP contribution is 2.11. The molecule has 1 aliphatic rings. The van der Waals surface area contributed by atoms with Crippen LogP contribution in [0.1, 0.15) is 13.8 Å². The molecule has 0 aromatic carbocycles. The van der Waals surface area contributed by atoms with Crippen molar-refractivity contribution in [3.05, 3.63) is 11.4 Å². The Labute approximate surface area is 115 Å². The first-order valence-electron chi connectivity index (χ1n) is 5.82. The lowest BCUT2D eigenvalue weighted by Gasteiger charge is -2.17. The van der Waals surface area contributed by atoms with Gasteiger partial charge in [0.1, 0.15) is 0 Å². The van der Waals surface area contributed by atoms with Crippen molar-refractivity contribution in [2.75, 3.05) is 20.3 Å². The summed E-state index contributed by atoms with van der Waals surface area (Å²) < 4.78 is 14.3. The first kappa shape index (κ1) is 15.5. The van der Waals surface area contributed by atoms with Gasteiger partial charge in [-0.05, 0) is 13.8 Å². The number of esters is 2. The molecule has 0 spiro atoms. The Hall–Kier alpha value is -2.58. The van der Waals surface area contributed by atoms with Crippen LogP contribution in [-0.2, 0) is 23.8 Å². The summed E-state index contributed by atoms with van der Waals surface area (Å²) in [6.07, 6.45) is 0. The average Bonchev–Trinajstić information content (AvgIpc) is 2.38. The van der Waals surface area contributed by atoms with Crippen LogP contribution >= 0.6 is 0 Å². The number of urea groups is 1. The number of carbonyl (C=O) groups excluding carboxylic acids is 3. The number of rotatable bonds is 4. The molecule has 0 saturated heterocycles. The Morgan fingerprint density at radius 1 is 1.10 bits per heavy atom. The summed E-state index contributed by atoms with van der Waals surface area (Å²) in [6.45, 7) is 3.27. The highest BCUT2D eigenvalue weighted by atomic mass is 16.6. The van der Waals surface area contributed by atoms with E-state index in [1.807, 2.05) is 0 Å². The SMILES string of the molecule is CCOC(=O)C(C(=O)OCC)=C1N=C(OC)NC(=O)N1. The normalized spacial score (nSPS) is 13.7. The van der Waals surface area contributed by atoms with Gasteiger partial charge in [-0.1, -0.05) is 0 Å². The second kappa shape index (κ2) is 7.12. The van der Waals surface area contributed by atoms with Crippen molar-refractivity contribution in [3.63, 3.8) is 0 Å². The second-order valence-corrected chi connectivity index (χ2v) is 3.36. The average molecular weight is 285 g/mol. The number of methoxy groups -OCH3 is 1. The van der Waals surface area contributed by atoms with E-state index in [-0.39, 0.29) is 25.1 Å². The molecule has 110 valence electrons. The van der Waals surface area contributed by atoms with E-state index >= 15 is 0 Å². The van der Waals surface area contributed by atoms with E-state index in [0.717, 1.165) is 0 Å². The number of carbonyl (C=O) groups is 3. The molecule has 0 atom stereocenters. The Kier molecular flexibility index (Phi) is 5.51. The van der Waals surface area contributed by atoms with Crippen molar-refractivity contribution in [1.29, 1.82) is 0 Å². The number of ether oxygens (including phenoxy) is 3. The van der Waals surface area contributed by atoms with Crippen LogP contribution in [0.4, 0.5) is 4.79 Å². The third-order valence-corrected chi connectivity index (χ3v) is 2.06. The van der Waals surface area contributed by atoms with Crippen molar-refractivity contribution < 1.29 is 28.6 Å². The molecule has 0 aromatic rings. The maximum atomic E-state index is 11.8. The minimum absolute atomic E-state index is 0.0576. The van der Waals surface area contributed by atoms with Crippen LogP contribution in [0.25, 0.3) is 0 Å². The lowest BCUT2D eigenvalue weighted by molar-refractivity contribution is -0.146. The minimum atomic E-state index is -0.942. The zero-order chi connectivity index (χ0) is 15.1. The first-order valence-corrected chi connectivity index (χ1v) is 5.82. The fourth-order valence-electron chi connectivity index (χ4n) is 1.29. The molecule has 0 bridgehead atoms. The third-order valence-electron chi connectivity index (χ3n) is 2.06. The Bertz CT molecular complexity index is 463. The molecule has 1 heterocycles. The van der Waals surface area contributed by atoms with Gasteiger partial charge in [0, 0.05) is 0 Å². The van der Waals surface area contributed by atoms with Crippen LogP contribution in [0.5, 0.6) is 0 Å². The van der Waals surface area contributed by atoms with E-state index in [1.54, 1.807) is 13.8 Å².